The molecular formula is C12H17NO4. The van der Waals surface area contributed by atoms with Gasteiger partial charge in [-0.05, 0) is 19.3 Å². The Bertz CT molecular complexity index is 354. The van der Waals surface area contributed by atoms with Gasteiger partial charge in [-0.2, -0.15) is 0 Å². The van der Waals surface area contributed by atoms with Gasteiger partial charge in [0, 0.05) is 18.5 Å². The van der Waals surface area contributed by atoms with Crippen molar-refractivity contribution in [3.8, 4) is 0 Å². The van der Waals surface area contributed by atoms with Crippen LogP contribution in [0.1, 0.15) is 19.3 Å². The molecule has 1 saturated heterocycles. The van der Waals surface area contributed by atoms with Crippen molar-refractivity contribution in [1.82, 2.24) is 4.90 Å². The monoisotopic (exact) mass is 239 g/mol. The lowest BCUT2D eigenvalue weighted by Crippen LogP contribution is -2.42. The molecule has 0 bridgehead atoms. The van der Waals surface area contributed by atoms with Gasteiger partial charge in [0.25, 0.3) is 0 Å². The standard InChI is InChI=1S/C12H17NO4/c1-2-6-17-11(16)13-5-3-4-12(8-13)7-9(12)10(14)15/h2,9H,1,3-8H2,(H,14,15). The van der Waals surface area contributed by atoms with Gasteiger partial charge in [0.05, 0.1) is 5.92 Å². The first-order valence-corrected chi connectivity index (χ1v) is 5.84. The van der Waals surface area contributed by atoms with E-state index < -0.39 is 5.97 Å². The molecular weight excluding hydrogens is 222 g/mol. The molecule has 2 atom stereocenters. The van der Waals surface area contributed by atoms with Crippen LogP contribution in [0.25, 0.3) is 0 Å². The van der Waals surface area contributed by atoms with Crippen LogP contribution in [-0.4, -0.2) is 41.8 Å². The second-order valence-corrected chi connectivity index (χ2v) is 4.85. The summed E-state index contributed by atoms with van der Waals surface area (Å²) in [5.41, 5.74) is -0.183. The normalized spacial score (nSPS) is 31.1. The number of rotatable bonds is 3. The minimum absolute atomic E-state index is 0.183. The first-order valence-electron chi connectivity index (χ1n) is 5.84. The number of hydrogen-bond donors (Lipinski definition) is 1. The Hall–Kier alpha value is -1.52. The average molecular weight is 239 g/mol. The number of nitrogens with zero attached hydrogens (tertiary/aromatic N) is 1. The van der Waals surface area contributed by atoms with E-state index in [4.69, 9.17) is 9.84 Å². The fourth-order valence-corrected chi connectivity index (χ4v) is 2.69. The summed E-state index contributed by atoms with van der Waals surface area (Å²) in [5.74, 6) is -1.02. The van der Waals surface area contributed by atoms with Crippen molar-refractivity contribution in [3.63, 3.8) is 0 Å². The Kier molecular flexibility index (Phi) is 3.09. The van der Waals surface area contributed by atoms with Crippen molar-refractivity contribution in [2.45, 2.75) is 19.3 Å². The van der Waals surface area contributed by atoms with Gasteiger partial charge in [-0.25, -0.2) is 4.79 Å². The van der Waals surface area contributed by atoms with Crippen molar-refractivity contribution in [2.75, 3.05) is 19.7 Å². The Morgan fingerprint density at radius 1 is 1.59 bits per heavy atom. The van der Waals surface area contributed by atoms with E-state index in [0.717, 1.165) is 12.8 Å². The van der Waals surface area contributed by atoms with Crippen molar-refractivity contribution in [1.29, 1.82) is 0 Å². The van der Waals surface area contributed by atoms with Crippen LogP contribution >= 0.6 is 0 Å². The molecule has 1 amide bonds. The van der Waals surface area contributed by atoms with Crippen molar-refractivity contribution >= 4 is 12.1 Å². The number of carbonyl (C=O) groups excluding carboxylic acids is 1. The highest BCUT2D eigenvalue weighted by molar-refractivity contribution is 5.75. The maximum absolute atomic E-state index is 11.7. The molecule has 2 unspecified atom stereocenters. The summed E-state index contributed by atoms with van der Waals surface area (Å²) in [4.78, 5) is 24.2. The summed E-state index contributed by atoms with van der Waals surface area (Å²) in [6, 6.07) is 0. The van der Waals surface area contributed by atoms with E-state index in [1.165, 1.54) is 6.08 Å². The molecule has 1 N–H and O–H groups in total. The third kappa shape index (κ3) is 2.28. The summed E-state index contributed by atoms with van der Waals surface area (Å²) in [5, 5.41) is 8.99. The third-order valence-electron chi connectivity index (χ3n) is 3.68. The van der Waals surface area contributed by atoms with Gasteiger partial charge >= 0.3 is 12.1 Å². The van der Waals surface area contributed by atoms with Crippen LogP contribution in [0, 0.1) is 11.3 Å². The van der Waals surface area contributed by atoms with Gasteiger partial charge in [-0.3, -0.25) is 4.79 Å². The number of carbonyl (C=O) groups is 2. The molecule has 2 rings (SSSR count). The minimum atomic E-state index is -0.744. The minimum Gasteiger partial charge on any atom is -0.481 e. The molecule has 0 aromatic heterocycles. The van der Waals surface area contributed by atoms with Crippen LogP contribution in [0.2, 0.25) is 0 Å². The molecule has 0 radical (unpaired) electrons. The molecule has 1 heterocycles. The summed E-state index contributed by atoms with van der Waals surface area (Å²) < 4.78 is 4.97. The Morgan fingerprint density at radius 2 is 2.35 bits per heavy atom. The molecule has 5 nitrogen and oxygen atoms in total. The first-order chi connectivity index (χ1) is 8.09. The van der Waals surface area contributed by atoms with E-state index in [-0.39, 0.29) is 24.0 Å². The first kappa shape index (κ1) is 12.0. The highest BCUT2D eigenvalue weighted by Gasteiger charge is 2.60. The van der Waals surface area contributed by atoms with Crippen LogP contribution in [0.5, 0.6) is 0 Å². The van der Waals surface area contributed by atoms with Gasteiger partial charge in [-0.1, -0.05) is 12.7 Å². The smallest absolute Gasteiger partial charge is 0.410 e. The van der Waals surface area contributed by atoms with Gasteiger partial charge < -0.3 is 14.7 Å². The van der Waals surface area contributed by atoms with Crippen molar-refractivity contribution < 1.29 is 19.4 Å². The molecule has 1 aliphatic heterocycles. The lowest BCUT2D eigenvalue weighted by Gasteiger charge is -2.32. The average Bonchev–Trinajstić information content (AvgIpc) is 3.00. The molecule has 2 fully saturated rings. The van der Waals surface area contributed by atoms with Gasteiger partial charge in [0.15, 0.2) is 0 Å². The molecule has 0 aromatic rings. The zero-order valence-corrected chi connectivity index (χ0v) is 9.72. The number of likely N-dealkylation sites (tertiary alicyclic amines) is 1. The van der Waals surface area contributed by atoms with E-state index >= 15 is 0 Å². The Morgan fingerprint density at radius 3 is 2.94 bits per heavy atom. The number of aliphatic carboxylic acids is 1. The molecule has 1 spiro atoms. The number of carboxylic acid groups (broad SMARTS) is 1. The Balaban J connectivity index is 1.92. The molecule has 94 valence electrons. The SMILES string of the molecule is C=CCOC(=O)N1CCCC2(CC2C(=O)O)C1. The molecule has 5 heteroatoms. The fraction of sp³-hybridized carbons (Fsp3) is 0.667. The van der Waals surface area contributed by atoms with Crippen LogP contribution in [0.15, 0.2) is 12.7 Å². The zero-order chi connectivity index (χ0) is 12.5. The summed E-state index contributed by atoms with van der Waals surface area (Å²) in [6.45, 7) is 4.85. The van der Waals surface area contributed by atoms with E-state index in [9.17, 15) is 9.59 Å². The number of carboxylic acids is 1. The maximum Gasteiger partial charge on any atom is 0.410 e. The number of ether oxygens (including phenoxy) is 1. The van der Waals surface area contributed by atoms with Crippen LogP contribution in [0.4, 0.5) is 4.79 Å². The highest BCUT2D eigenvalue weighted by atomic mass is 16.6. The second-order valence-electron chi connectivity index (χ2n) is 4.85. The highest BCUT2D eigenvalue weighted by Crippen LogP contribution is 2.57. The van der Waals surface area contributed by atoms with Gasteiger partial charge in [-0.15, -0.1) is 0 Å². The van der Waals surface area contributed by atoms with Crippen molar-refractivity contribution in [2.24, 2.45) is 11.3 Å². The molecule has 0 aromatic carbocycles. The lowest BCUT2D eigenvalue weighted by molar-refractivity contribution is -0.139. The zero-order valence-electron chi connectivity index (χ0n) is 9.72. The number of hydrogen-bond acceptors (Lipinski definition) is 3. The van der Waals surface area contributed by atoms with E-state index in [1.54, 1.807) is 4.90 Å². The van der Waals surface area contributed by atoms with Crippen LogP contribution in [0.3, 0.4) is 0 Å². The molecule has 1 saturated carbocycles. The van der Waals surface area contributed by atoms with E-state index in [2.05, 4.69) is 6.58 Å². The van der Waals surface area contributed by atoms with Gasteiger partial charge in [0.1, 0.15) is 6.61 Å². The molecule has 17 heavy (non-hydrogen) atoms. The van der Waals surface area contributed by atoms with Gasteiger partial charge in [0.2, 0.25) is 0 Å². The summed E-state index contributed by atoms with van der Waals surface area (Å²) >= 11 is 0. The largest absolute Gasteiger partial charge is 0.481 e. The number of piperidine rings is 1. The van der Waals surface area contributed by atoms with E-state index in [1.807, 2.05) is 0 Å². The van der Waals surface area contributed by atoms with Crippen LogP contribution in [-0.2, 0) is 9.53 Å². The second kappa shape index (κ2) is 4.39. The molecule has 2 aliphatic rings. The summed E-state index contributed by atoms with van der Waals surface area (Å²) in [6.07, 6.45) is 3.60. The number of amides is 1. The maximum atomic E-state index is 11.7. The Labute approximate surface area is 100 Å². The predicted octanol–water partition coefficient (Wildman–Crippen LogP) is 1.50. The third-order valence-corrected chi connectivity index (χ3v) is 3.68. The van der Waals surface area contributed by atoms with E-state index in [0.29, 0.717) is 19.5 Å². The molecule has 1 aliphatic carbocycles. The quantitative estimate of drug-likeness (QED) is 0.758. The van der Waals surface area contributed by atoms with Crippen LogP contribution < -0.4 is 0 Å². The fourth-order valence-electron chi connectivity index (χ4n) is 2.69. The predicted molar refractivity (Wildman–Crippen MR) is 60.5 cm³/mol. The lowest BCUT2D eigenvalue weighted by atomic mass is 9.92. The van der Waals surface area contributed by atoms with Crippen molar-refractivity contribution in [3.05, 3.63) is 12.7 Å². The summed E-state index contributed by atoms with van der Waals surface area (Å²) in [7, 11) is 0. The topological polar surface area (TPSA) is 66.8 Å².